The maximum absolute atomic E-state index is 12.7. The summed E-state index contributed by atoms with van der Waals surface area (Å²) in [7, 11) is -4.34. The van der Waals surface area contributed by atoms with E-state index in [1.54, 1.807) is 6.08 Å². The summed E-state index contributed by atoms with van der Waals surface area (Å²) in [5, 5.41) is 13.6. The van der Waals surface area contributed by atoms with E-state index in [0.29, 0.717) is 6.42 Å². The van der Waals surface area contributed by atoms with Gasteiger partial charge in [0, 0.05) is 13.0 Å². The van der Waals surface area contributed by atoms with Gasteiger partial charge in [0.1, 0.15) is 0 Å². The zero-order chi connectivity index (χ0) is 35.4. The number of rotatable bonds is 35. The van der Waals surface area contributed by atoms with E-state index in [2.05, 4.69) is 55.6 Å². The van der Waals surface area contributed by atoms with E-state index >= 15 is 0 Å². The molecule has 48 heavy (non-hydrogen) atoms. The van der Waals surface area contributed by atoms with Crippen LogP contribution in [-0.4, -0.2) is 47.8 Å². The number of nitrogens with two attached hydrogens (primary N) is 1. The molecule has 0 aromatic heterocycles. The average molecular weight is 697 g/mol. The van der Waals surface area contributed by atoms with E-state index in [1.807, 2.05) is 6.08 Å². The van der Waals surface area contributed by atoms with E-state index in [9.17, 15) is 19.4 Å². The van der Waals surface area contributed by atoms with Gasteiger partial charge in [-0.05, 0) is 51.4 Å². The van der Waals surface area contributed by atoms with Crippen LogP contribution in [0.1, 0.15) is 162 Å². The molecule has 0 fully saturated rings. The predicted octanol–water partition coefficient (Wildman–Crippen LogP) is 10.2. The fourth-order valence-corrected chi connectivity index (χ4v) is 6.02. The molecule has 0 aliphatic carbocycles. The Bertz CT molecular complexity index is 892. The molecule has 1 amide bonds. The van der Waals surface area contributed by atoms with Gasteiger partial charge < -0.3 is 21.1 Å². The molecule has 5 N–H and O–H groups in total. The fourth-order valence-electron chi connectivity index (χ4n) is 5.26. The van der Waals surface area contributed by atoms with Crippen LogP contribution in [0.25, 0.3) is 0 Å². The molecule has 3 atom stereocenters. The van der Waals surface area contributed by atoms with Crippen molar-refractivity contribution < 1.29 is 28.4 Å². The number of hydrogen-bond acceptors (Lipinski definition) is 6. The van der Waals surface area contributed by atoms with Crippen molar-refractivity contribution in [1.82, 2.24) is 5.32 Å². The summed E-state index contributed by atoms with van der Waals surface area (Å²) in [6.45, 7) is 3.99. The van der Waals surface area contributed by atoms with Crippen molar-refractivity contribution in [2.24, 2.45) is 5.73 Å². The zero-order valence-corrected chi connectivity index (χ0v) is 31.6. The van der Waals surface area contributed by atoms with Crippen molar-refractivity contribution in [2.75, 3.05) is 19.8 Å². The average Bonchev–Trinajstić information content (AvgIpc) is 3.07. The number of phosphoric ester groups is 1. The topological polar surface area (TPSA) is 131 Å². The van der Waals surface area contributed by atoms with Crippen LogP contribution in [0.15, 0.2) is 48.6 Å². The molecule has 0 spiro atoms. The number of nitrogens with one attached hydrogen (secondary N) is 1. The van der Waals surface area contributed by atoms with Gasteiger partial charge in [0.15, 0.2) is 0 Å². The summed E-state index contributed by atoms with van der Waals surface area (Å²) < 4.78 is 22.0. The van der Waals surface area contributed by atoms with Gasteiger partial charge in [-0.15, -0.1) is 0 Å². The lowest BCUT2D eigenvalue weighted by molar-refractivity contribution is -0.123. The van der Waals surface area contributed by atoms with Crippen molar-refractivity contribution in [3.63, 3.8) is 0 Å². The Morgan fingerprint density at radius 3 is 1.77 bits per heavy atom. The number of amides is 1. The predicted molar refractivity (Wildman–Crippen MR) is 203 cm³/mol. The lowest BCUT2D eigenvalue weighted by Gasteiger charge is -2.23. The van der Waals surface area contributed by atoms with Crippen LogP contribution >= 0.6 is 7.82 Å². The number of unbranched alkanes of at least 4 members (excludes halogenated alkanes) is 17. The maximum Gasteiger partial charge on any atom is 0.472 e. The van der Waals surface area contributed by atoms with Gasteiger partial charge in [-0.25, -0.2) is 4.57 Å². The molecule has 280 valence electrons. The van der Waals surface area contributed by atoms with Crippen molar-refractivity contribution in [2.45, 2.75) is 174 Å². The second-order valence-corrected chi connectivity index (χ2v) is 14.2. The van der Waals surface area contributed by atoms with E-state index in [1.165, 1.54) is 70.6 Å². The first kappa shape index (κ1) is 46.5. The molecule has 0 saturated carbocycles. The molecule has 0 heterocycles. The highest BCUT2D eigenvalue weighted by molar-refractivity contribution is 7.47. The maximum atomic E-state index is 12.7. The van der Waals surface area contributed by atoms with Crippen molar-refractivity contribution in [3.8, 4) is 0 Å². The Kier molecular flexibility index (Phi) is 34.2. The van der Waals surface area contributed by atoms with Crippen LogP contribution in [-0.2, 0) is 18.4 Å². The van der Waals surface area contributed by atoms with E-state index < -0.39 is 20.0 Å². The first-order valence-corrected chi connectivity index (χ1v) is 20.8. The molecule has 3 unspecified atom stereocenters. The summed E-state index contributed by atoms with van der Waals surface area (Å²) >= 11 is 0. The van der Waals surface area contributed by atoms with Gasteiger partial charge in [-0.3, -0.25) is 13.8 Å². The molecule has 0 aliphatic heterocycles. The molecular formula is C39H73N2O6P. The molecule has 0 rings (SSSR count). The molecule has 8 nitrogen and oxygen atoms in total. The van der Waals surface area contributed by atoms with E-state index in [4.69, 9.17) is 14.8 Å². The highest BCUT2D eigenvalue weighted by atomic mass is 31.2. The highest BCUT2D eigenvalue weighted by Gasteiger charge is 2.26. The molecule has 0 saturated heterocycles. The summed E-state index contributed by atoms with van der Waals surface area (Å²) in [6, 6.07) is -0.864. The Morgan fingerprint density at radius 2 is 1.21 bits per heavy atom. The van der Waals surface area contributed by atoms with Crippen LogP contribution < -0.4 is 11.1 Å². The third-order valence-electron chi connectivity index (χ3n) is 8.16. The molecule has 0 aliphatic rings. The van der Waals surface area contributed by atoms with Gasteiger partial charge in [0.25, 0.3) is 0 Å². The summed E-state index contributed by atoms with van der Waals surface area (Å²) in [5.74, 6) is -0.208. The normalized spacial score (nSPS) is 14.9. The largest absolute Gasteiger partial charge is 0.472 e. The fraction of sp³-hybridized carbons (Fsp3) is 0.769. The lowest BCUT2D eigenvalue weighted by atomic mass is 10.1. The zero-order valence-electron chi connectivity index (χ0n) is 30.7. The van der Waals surface area contributed by atoms with Crippen LogP contribution in [0.2, 0.25) is 0 Å². The van der Waals surface area contributed by atoms with Gasteiger partial charge in [0.2, 0.25) is 5.91 Å². The molecule has 0 aromatic carbocycles. The minimum Gasteiger partial charge on any atom is -0.387 e. The molecule has 0 aromatic rings. The number of phosphoric acid groups is 1. The standard InChI is InChI=1S/C39H73N2O6P/c1-3-5-7-9-11-13-15-17-18-19-20-21-23-25-27-29-31-33-39(43)41-37(36-47-48(44,45)46-35-34-40)38(42)32-30-28-26-24-22-16-14-12-10-8-6-4-2/h5,7,11,13,17-18,30,32,37-38,42H,3-4,6,8-10,12,14-16,19-29,31,33-36,40H2,1-2H3,(H,41,43)(H,44,45)/b7-5-,13-11-,18-17-,32-30+. The highest BCUT2D eigenvalue weighted by Crippen LogP contribution is 2.43. The Hall–Kier alpha value is -1.54. The Balaban J connectivity index is 4.30. The van der Waals surface area contributed by atoms with E-state index in [0.717, 1.165) is 70.6 Å². The third kappa shape index (κ3) is 33.0. The van der Waals surface area contributed by atoms with Gasteiger partial charge in [-0.1, -0.05) is 152 Å². The molecule has 0 radical (unpaired) electrons. The van der Waals surface area contributed by atoms with Crippen molar-refractivity contribution >= 4 is 13.7 Å². The molecule has 9 heteroatoms. The third-order valence-corrected chi connectivity index (χ3v) is 9.14. The number of aliphatic hydroxyl groups excluding tert-OH is 1. The summed E-state index contributed by atoms with van der Waals surface area (Å²) in [4.78, 5) is 22.6. The Morgan fingerprint density at radius 1 is 0.708 bits per heavy atom. The first-order valence-electron chi connectivity index (χ1n) is 19.3. The lowest BCUT2D eigenvalue weighted by Crippen LogP contribution is -2.45. The van der Waals surface area contributed by atoms with E-state index in [-0.39, 0.29) is 25.7 Å². The number of carbonyl (C=O) groups is 1. The second-order valence-electron chi connectivity index (χ2n) is 12.8. The van der Waals surface area contributed by atoms with Crippen molar-refractivity contribution in [3.05, 3.63) is 48.6 Å². The number of hydrogen-bond donors (Lipinski definition) is 4. The second kappa shape index (κ2) is 35.3. The number of allylic oxidation sites excluding steroid dienone is 7. The first-order chi connectivity index (χ1) is 23.4. The van der Waals surface area contributed by atoms with Crippen LogP contribution in [0, 0.1) is 0 Å². The molecular weight excluding hydrogens is 623 g/mol. The smallest absolute Gasteiger partial charge is 0.387 e. The van der Waals surface area contributed by atoms with Crippen LogP contribution in [0.3, 0.4) is 0 Å². The minimum absolute atomic E-state index is 0.0750. The number of aliphatic hydroxyl groups is 1. The monoisotopic (exact) mass is 697 g/mol. The van der Waals surface area contributed by atoms with Gasteiger partial charge >= 0.3 is 7.82 Å². The van der Waals surface area contributed by atoms with Crippen LogP contribution in [0.5, 0.6) is 0 Å². The SMILES string of the molecule is CC/C=C\C/C=C\C/C=C\CCCCCCCCCC(=O)NC(COP(=O)(O)OCCN)C(O)/C=C/CCCCCCCCCCCC. The van der Waals surface area contributed by atoms with Gasteiger partial charge in [0.05, 0.1) is 25.4 Å². The summed E-state index contributed by atoms with van der Waals surface area (Å²) in [6.07, 6.45) is 41.5. The van der Waals surface area contributed by atoms with Crippen LogP contribution in [0.4, 0.5) is 0 Å². The van der Waals surface area contributed by atoms with Crippen molar-refractivity contribution in [1.29, 1.82) is 0 Å². The van der Waals surface area contributed by atoms with Gasteiger partial charge in [-0.2, -0.15) is 0 Å². The quantitative estimate of drug-likeness (QED) is 0.0295. The molecule has 0 bridgehead atoms. The minimum atomic E-state index is -4.34. The number of carbonyl (C=O) groups excluding carboxylic acids is 1. The summed E-state index contributed by atoms with van der Waals surface area (Å²) in [5.41, 5.74) is 5.35. The Labute approximate surface area is 294 Å².